The Morgan fingerprint density at radius 1 is 1.17 bits per heavy atom. The molecule has 128 valence electrons. The summed E-state index contributed by atoms with van der Waals surface area (Å²) in [6, 6.07) is 2.25. The molecule has 3 heterocycles. The second kappa shape index (κ2) is 7.29. The van der Waals surface area contributed by atoms with Crippen molar-refractivity contribution < 1.29 is 0 Å². The number of rotatable bonds is 4. The highest BCUT2D eigenvalue weighted by molar-refractivity contribution is 9.10. The number of halogens is 1. The van der Waals surface area contributed by atoms with Crippen LogP contribution in [0.25, 0.3) is 0 Å². The highest BCUT2D eigenvalue weighted by atomic mass is 79.9. The maximum Gasteiger partial charge on any atom is 0.227 e. The van der Waals surface area contributed by atoms with Gasteiger partial charge in [-0.15, -0.1) is 0 Å². The Bertz CT molecular complexity index is 676. The lowest BCUT2D eigenvalue weighted by molar-refractivity contribution is 0.478. The van der Waals surface area contributed by atoms with Gasteiger partial charge in [0.15, 0.2) is 0 Å². The van der Waals surface area contributed by atoms with Gasteiger partial charge in [0, 0.05) is 58.9 Å². The SMILES string of the molecule is CN(C)c1ccnc(N(C)C2CCCN(c3ncc(Br)cn3)C2)n1. The zero-order valence-corrected chi connectivity index (χ0v) is 15.8. The molecule has 1 saturated heterocycles. The van der Waals surface area contributed by atoms with Gasteiger partial charge >= 0.3 is 0 Å². The van der Waals surface area contributed by atoms with E-state index in [2.05, 4.69) is 52.7 Å². The number of anilines is 3. The lowest BCUT2D eigenvalue weighted by Gasteiger charge is -2.37. The molecule has 8 heteroatoms. The standard InChI is InChI=1S/C16H22BrN7/c1-22(2)14-6-7-18-16(21-14)23(3)13-5-4-8-24(11-13)15-19-9-12(17)10-20-15/h6-7,9-10,13H,4-5,8,11H2,1-3H3. The summed E-state index contributed by atoms with van der Waals surface area (Å²) in [4.78, 5) is 24.3. The maximum absolute atomic E-state index is 4.64. The van der Waals surface area contributed by atoms with Gasteiger partial charge in [-0.1, -0.05) is 0 Å². The van der Waals surface area contributed by atoms with E-state index in [9.17, 15) is 0 Å². The Labute approximate surface area is 150 Å². The van der Waals surface area contributed by atoms with Crippen molar-refractivity contribution >= 4 is 33.6 Å². The van der Waals surface area contributed by atoms with Crippen LogP contribution in [0.5, 0.6) is 0 Å². The fourth-order valence-corrected chi connectivity index (χ4v) is 3.05. The topological polar surface area (TPSA) is 61.3 Å². The van der Waals surface area contributed by atoms with Gasteiger partial charge in [0.2, 0.25) is 11.9 Å². The fourth-order valence-electron chi connectivity index (χ4n) is 2.84. The molecular formula is C16H22BrN7. The largest absolute Gasteiger partial charge is 0.363 e. The van der Waals surface area contributed by atoms with Crippen LogP contribution in [-0.4, -0.2) is 60.2 Å². The van der Waals surface area contributed by atoms with Crippen LogP contribution in [0.1, 0.15) is 12.8 Å². The van der Waals surface area contributed by atoms with E-state index in [0.29, 0.717) is 6.04 Å². The van der Waals surface area contributed by atoms with E-state index in [1.165, 1.54) is 0 Å². The number of nitrogens with zero attached hydrogens (tertiary/aromatic N) is 7. The quantitative estimate of drug-likeness (QED) is 0.791. The molecule has 1 aliphatic heterocycles. The lowest BCUT2D eigenvalue weighted by Crippen LogP contribution is -2.47. The van der Waals surface area contributed by atoms with Crippen LogP contribution in [0.15, 0.2) is 29.1 Å². The summed E-state index contributed by atoms with van der Waals surface area (Å²) in [6.07, 6.45) is 7.60. The summed E-state index contributed by atoms with van der Waals surface area (Å²) in [7, 11) is 6.03. The van der Waals surface area contributed by atoms with Gasteiger partial charge in [0.1, 0.15) is 5.82 Å². The fraction of sp³-hybridized carbons (Fsp3) is 0.500. The minimum atomic E-state index is 0.336. The highest BCUT2D eigenvalue weighted by Gasteiger charge is 2.26. The van der Waals surface area contributed by atoms with Crippen molar-refractivity contribution in [3.8, 4) is 0 Å². The highest BCUT2D eigenvalue weighted by Crippen LogP contribution is 2.22. The van der Waals surface area contributed by atoms with Crippen molar-refractivity contribution in [2.45, 2.75) is 18.9 Å². The first kappa shape index (κ1) is 16.9. The smallest absolute Gasteiger partial charge is 0.227 e. The summed E-state index contributed by atoms with van der Waals surface area (Å²) in [5, 5.41) is 0. The minimum absolute atomic E-state index is 0.336. The van der Waals surface area contributed by atoms with Gasteiger partial charge in [0.05, 0.1) is 4.47 Å². The van der Waals surface area contributed by atoms with Gasteiger partial charge < -0.3 is 14.7 Å². The number of piperidine rings is 1. The molecule has 2 aromatic heterocycles. The molecular weight excluding hydrogens is 370 g/mol. The van der Waals surface area contributed by atoms with Gasteiger partial charge in [-0.05, 0) is 34.8 Å². The molecule has 1 unspecified atom stereocenters. The van der Waals surface area contributed by atoms with Crippen molar-refractivity contribution in [2.75, 3.05) is 48.9 Å². The van der Waals surface area contributed by atoms with E-state index in [-0.39, 0.29) is 0 Å². The van der Waals surface area contributed by atoms with E-state index in [1.54, 1.807) is 12.4 Å². The van der Waals surface area contributed by atoms with E-state index in [4.69, 9.17) is 0 Å². The summed E-state index contributed by atoms with van der Waals surface area (Å²) in [5.41, 5.74) is 0. The molecule has 3 rings (SSSR count). The molecule has 7 nitrogen and oxygen atoms in total. The van der Waals surface area contributed by atoms with Crippen molar-refractivity contribution in [3.05, 3.63) is 29.1 Å². The molecule has 1 atom stereocenters. The summed E-state index contributed by atoms with van der Waals surface area (Å²) in [5.74, 6) is 2.44. The minimum Gasteiger partial charge on any atom is -0.363 e. The Hall–Kier alpha value is -1.96. The molecule has 1 fully saturated rings. The number of hydrogen-bond donors (Lipinski definition) is 0. The summed E-state index contributed by atoms with van der Waals surface area (Å²) in [6.45, 7) is 1.85. The van der Waals surface area contributed by atoms with Gasteiger partial charge in [-0.3, -0.25) is 0 Å². The molecule has 24 heavy (non-hydrogen) atoms. The summed E-state index contributed by atoms with van der Waals surface area (Å²) >= 11 is 3.38. The molecule has 0 aliphatic carbocycles. The van der Waals surface area contributed by atoms with Crippen molar-refractivity contribution in [2.24, 2.45) is 0 Å². The zero-order valence-electron chi connectivity index (χ0n) is 14.2. The van der Waals surface area contributed by atoms with Gasteiger partial charge in [0.25, 0.3) is 0 Å². The second-order valence-electron chi connectivity index (χ2n) is 6.16. The van der Waals surface area contributed by atoms with Crippen LogP contribution < -0.4 is 14.7 Å². The third-order valence-corrected chi connectivity index (χ3v) is 4.65. The third-order valence-electron chi connectivity index (χ3n) is 4.24. The third kappa shape index (κ3) is 3.75. The van der Waals surface area contributed by atoms with Crippen LogP contribution in [0.4, 0.5) is 17.7 Å². The molecule has 1 aliphatic rings. The van der Waals surface area contributed by atoms with Crippen LogP contribution in [0.2, 0.25) is 0 Å². The van der Waals surface area contributed by atoms with E-state index in [0.717, 1.165) is 48.1 Å². The Morgan fingerprint density at radius 2 is 1.92 bits per heavy atom. The molecule has 0 radical (unpaired) electrons. The van der Waals surface area contributed by atoms with Crippen LogP contribution in [-0.2, 0) is 0 Å². The number of likely N-dealkylation sites (N-methyl/N-ethyl adjacent to an activating group) is 1. The lowest BCUT2D eigenvalue weighted by atomic mass is 10.1. The van der Waals surface area contributed by atoms with Crippen molar-refractivity contribution in [1.29, 1.82) is 0 Å². The maximum atomic E-state index is 4.64. The summed E-state index contributed by atoms with van der Waals surface area (Å²) < 4.78 is 0.894. The molecule has 2 aromatic rings. The number of hydrogen-bond acceptors (Lipinski definition) is 7. The molecule has 0 N–H and O–H groups in total. The van der Waals surface area contributed by atoms with Crippen LogP contribution >= 0.6 is 15.9 Å². The van der Waals surface area contributed by atoms with Gasteiger partial charge in [-0.25, -0.2) is 15.0 Å². The van der Waals surface area contributed by atoms with E-state index < -0.39 is 0 Å². The molecule has 0 aromatic carbocycles. The first-order chi connectivity index (χ1) is 11.5. The second-order valence-corrected chi connectivity index (χ2v) is 7.08. The Kier molecular flexibility index (Phi) is 5.13. The predicted molar refractivity (Wildman–Crippen MR) is 99.7 cm³/mol. The monoisotopic (exact) mass is 391 g/mol. The molecule has 0 bridgehead atoms. The van der Waals surface area contributed by atoms with Crippen molar-refractivity contribution in [1.82, 2.24) is 19.9 Å². The average molecular weight is 392 g/mol. The Balaban J connectivity index is 1.74. The zero-order chi connectivity index (χ0) is 17.1. The number of aromatic nitrogens is 4. The van der Waals surface area contributed by atoms with Crippen molar-refractivity contribution in [3.63, 3.8) is 0 Å². The van der Waals surface area contributed by atoms with Gasteiger partial charge in [-0.2, -0.15) is 4.98 Å². The average Bonchev–Trinajstić information content (AvgIpc) is 2.62. The molecule has 0 saturated carbocycles. The Morgan fingerprint density at radius 3 is 2.62 bits per heavy atom. The predicted octanol–water partition coefficient (Wildman–Crippen LogP) is 2.20. The molecule has 0 amide bonds. The van der Waals surface area contributed by atoms with Crippen LogP contribution in [0.3, 0.4) is 0 Å². The normalized spacial score (nSPS) is 17.7. The van der Waals surface area contributed by atoms with Crippen LogP contribution in [0, 0.1) is 0 Å². The first-order valence-corrected chi connectivity index (χ1v) is 8.79. The molecule has 0 spiro atoms. The van der Waals surface area contributed by atoms with E-state index in [1.807, 2.05) is 31.3 Å². The first-order valence-electron chi connectivity index (χ1n) is 8.00. The van der Waals surface area contributed by atoms with E-state index >= 15 is 0 Å².